The molecule has 3 aromatic carbocycles. The molecule has 9 heteroatoms. The minimum atomic E-state index is -0.369. The van der Waals surface area contributed by atoms with Gasteiger partial charge in [-0.05, 0) is 34.4 Å². The largest absolute Gasteiger partial charge is 0.460 e. The van der Waals surface area contributed by atoms with Crippen LogP contribution in [0.3, 0.4) is 0 Å². The number of likely N-dealkylation sites (N-methyl/N-ethyl adjacent to an activating group) is 1. The Morgan fingerprint density at radius 3 is 1.64 bits per heavy atom. The average molecular weight is 578 g/mol. The van der Waals surface area contributed by atoms with E-state index in [1.165, 1.54) is 27.2 Å². The first-order chi connectivity index (χ1) is 20.6. The van der Waals surface area contributed by atoms with Crippen molar-refractivity contribution in [3.63, 3.8) is 0 Å². The quantitative estimate of drug-likeness (QED) is 0.157. The number of fused-ring (bicyclic) bond motifs is 3. The summed E-state index contributed by atoms with van der Waals surface area (Å²) in [6, 6.07) is 25.4. The van der Waals surface area contributed by atoms with Gasteiger partial charge in [0.15, 0.2) is 0 Å². The van der Waals surface area contributed by atoms with Gasteiger partial charge in [-0.2, -0.15) is 0 Å². The number of ether oxygens (including phenoxy) is 6. The van der Waals surface area contributed by atoms with Crippen LogP contribution in [0.2, 0.25) is 0 Å². The average Bonchev–Trinajstić information content (AvgIpc) is 3.35. The zero-order valence-electron chi connectivity index (χ0n) is 24.1. The maximum absolute atomic E-state index is 12.6. The van der Waals surface area contributed by atoms with E-state index >= 15 is 0 Å². The number of hydrogen-bond acceptors (Lipinski definition) is 8. The molecule has 0 atom stereocenters. The van der Waals surface area contributed by atoms with Crippen LogP contribution in [-0.2, 0) is 28.4 Å². The predicted molar refractivity (Wildman–Crippen MR) is 158 cm³/mol. The number of carbonyl (C=O) groups excluding carboxylic acids is 2. The van der Waals surface area contributed by atoms with Crippen molar-refractivity contribution in [2.75, 3.05) is 79.7 Å². The van der Waals surface area contributed by atoms with Gasteiger partial charge in [0.05, 0.1) is 58.4 Å². The van der Waals surface area contributed by atoms with Gasteiger partial charge >= 0.3 is 12.1 Å². The number of carbonyl (C=O) groups is 2. The Morgan fingerprint density at radius 1 is 0.595 bits per heavy atom. The number of esters is 1. The number of benzene rings is 3. The molecular formula is C33H39NO8. The lowest BCUT2D eigenvalue weighted by molar-refractivity contribution is -0.00997. The minimum Gasteiger partial charge on any atom is -0.460 e. The molecule has 0 radical (unpaired) electrons. The van der Waals surface area contributed by atoms with Gasteiger partial charge < -0.3 is 33.3 Å². The normalized spacial score (nSPS) is 12.0. The van der Waals surface area contributed by atoms with E-state index in [0.717, 1.165) is 0 Å². The SMILES string of the molecule is CN(CCOCCOCCOCCOCCOC(=O)c1ccccc1)C(=O)OCC1c2ccccc2-c2ccccc21. The topological polar surface area (TPSA) is 92.8 Å². The van der Waals surface area contributed by atoms with Crippen LogP contribution in [0.1, 0.15) is 27.4 Å². The molecule has 1 amide bonds. The van der Waals surface area contributed by atoms with E-state index in [4.69, 9.17) is 28.4 Å². The van der Waals surface area contributed by atoms with Gasteiger partial charge in [0.1, 0.15) is 13.2 Å². The van der Waals surface area contributed by atoms with Crippen molar-refractivity contribution in [3.8, 4) is 11.1 Å². The van der Waals surface area contributed by atoms with E-state index in [1.807, 2.05) is 30.3 Å². The molecule has 0 aromatic heterocycles. The lowest BCUT2D eigenvalue weighted by Crippen LogP contribution is -2.32. The molecule has 4 rings (SSSR count). The number of hydrogen-bond donors (Lipinski definition) is 0. The Bertz CT molecular complexity index is 1210. The highest BCUT2D eigenvalue weighted by Gasteiger charge is 2.29. The second-order valence-electron chi connectivity index (χ2n) is 9.68. The Balaban J connectivity index is 0.952. The Hall–Kier alpha value is -3.76. The smallest absolute Gasteiger partial charge is 0.409 e. The van der Waals surface area contributed by atoms with Gasteiger partial charge in [-0.15, -0.1) is 0 Å². The van der Waals surface area contributed by atoms with Crippen molar-refractivity contribution in [1.82, 2.24) is 4.90 Å². The molecule has 0 N–H and O–H groups in total. The highest BCUT2D eigenvalue weighted by atomic mass is 16.6. The Labute approximate surface area is 247 Å². The molecule has 1 aliphatic carbocycles. The standard InChI is InChI=1S/C33H39NO8/c1-34(33(36)42-25-31-29-13-7-5-11-27(29)28-12-6-8-14-30(28)31)15-16-37-17-18-38-19-20-39-21-22-40-23-24-41-32(35)26-9-3-2-4-10-26/h2-14,31H,15-25H2,1H3. The number of amides is 1. The number of nitrogens with zero attached hydrogens (tertiary/aromatic N) is 1. The predicted octanol–water partition coefficient (Wildman–Crippen LogP) is 4.79. The third-order valence-corrected chi connectivity index (χ3v) is 6.81. The molecule has 0 unspecified atom stereocenters. The van der Waals surface area contributed by atoms with Crippen molar-refractivity contribution < 1.29 is 38.0 Å². The van der Waals surface area contributed by atoms with E-state index < -0.39 is 0 Å². The van der Waals surface area contributed by atoms with Gasteiger partial charge in [-0.3, -0.25) is 0 Å². The van der Waals surface area contributed by atoms with Crippen molar-refractivity contribution >= 4 is 12.1 Å². The zero-order valence-corrected chi connectivity index (χ0v) is 24.1. The van der Waals surface area contributed by atoms with E-state index in [0.29, 0.717) is 71.6 Å². The third kappa shape index (κ3) is 9.39. The zero-order chi connectivity index (χ0) is 29.4. The molecule has 0 bridgehead atoms. The first-order valence-electron chi connectivity index (χ1n) is 14.2. The van der Waals surface area contributed by atoms with Gasteiger partial charge in [0.25, 0.3) is 0 Å². The fourth-order valence-corrected chi connectivity index (χ4v) is 4.61. The van der Waals surface area contributed by atoms with Gasteiger partial charge in [-0.1, -0.05) is 66.7 Å². The molecule has 9 nitrogen and oxygen atoms in total. The summed E-state index contributed by atoms with van der Waals surface area (Å²) < 4.78 is 32.7. The van der Waals surface area contributed by atoms with E-state index in [-0.39, 0.29) is 24.6 Å². The summed E-state index contributed by atoms with van der Waals surface area (Å²) in [4.78, 5) is 25.9. The minimum absolute atomic E-state index is 0.0383. The van der Waals surface area contributed by atoms with E-state index in [9.17, 15) is 9.59 Å². The molecular weight excluding hydrogens is 538 g/mol. The molecule has 0 saturated carbocycles. The fraction of sp³-hybridized carbons (Fsp3) is 0.394. The first-order valence-corrected chi connectivity index (χ1v) is 14.2. The number of rotatable bonds is 18. The van der Waals surface area contributed by atoms with E-state index in [1.54, 1.807) is 31.3 Å². The summed E-state index contributed by atoms with van der Waals surface area (Å²) in [6.07, 6.45) is -0.369. The summed E-state index contributed by atoms with van der Waals surface area (Å²) in [5.74, 6) is -0.324. The second kappa shape index (κ2) is 17.3. The van der Waals surface area contributed by atoms with Crippen LogP contribution in [0.25, 0.3) is 11.1 Å². The molecule has 3 aromatic rings. The van der Waals surface area contributed by atoms with Crippen LogP contribution < -0.4 is 0 Å². The van der Waals surface area contributed by atoms with Gasteiger partial charge in [0.2, 0.25) is 0 Å². The van der Waals surface area contributed by atoms with Crippen LogP contribution in [-0.4, -0.2) is 96.6 Å². The highest BCUT2D eigenvalue weighted by molar-refractivity contribution is 5.89. The lowest BCUT2D eigenvalue weighted by atomic mass is 9.98. The van der Waals surface area contributed by atoms with Crippen molar-refractivity contribution in [3.05, 3.63) is 95.6 Å². The van der Waals surface area contributed by atoms with Crippen LogP contribution in [0, 0.1) is 0 Å². The monoisotopic (exact) mass is 577 g/mol. The van der Waals surface area contributed by atoms with Crippen LogP contribution in [0.4, 0.5) is 4.79 Å². The maximum atomic E-state index is 12.6. The van der Waals surface area contributed by atoms with E-state index in [2.05, 4.69) is 24.3 Å². The molecule has 0 aliphatic heterocycles. The fourth-order valence-electron chi connectivity index (χ4n) is 4.61. The molecule has 1 aliphatic rings. The summed E-state index contributed by atoms with van der Waals surface area (Å²) in [5, 5.41) is 0. The van der Waals surface area contributed by atoms with Crippen LogP contribution >= 0.6 is 0 Å². The summed E-state index contributed by atoms with van der Waals surface area (Å²) >= 11 is 0. The maximum Gasteiger partial charge on any atom is 0.409 e. The molecule has 0 spiro atoms. The Kier molecular flexibility index (Phi) is 12.8. The molecule has 224 valence electrons. The first kappa shape index (κ1) is 31.2. The van der Waals surface area contributed by atoms with Crippen molar-refractivity contribution in [1.29, 1.82) is 0 Å². The third-order valence-electron chi connectivity index (χ3n) is 6.81. The van der Waals surface area contributed by atoms with Gasteiger partial charge in [-0.25, -0.2) is 9.59 Å². The van der Waals surface area contributed by atoms with Crippen LogP contribution in [0.5, 0.6) is 0 Å². The van der Waals surface area contributed by atoms with Gasteiger partial charge in [0, 0.05) is 19.5 Å². The Morgan fingerprint density at radius 2 is 1.07 bits per heavy atom. The van der Waals surface area contributed by atoms with Crippen molar-refractivity contribution in [2.24, 2.45) is 0 Å². The lowest BCUT2D eigenvalue weighted by Gasteiger charge is -2.19. The molecule has 42 heavy (non-hydrogen) atoms. The summed E-state index contributed by atoms with van der Waals surface area (Å²) in [6.45, 7) is 4.18. The highest BCUT2D eigenvalue weighted by Crippen LogP contribution is 2.44. The van der Waals surface area contributed by atoms with Crippen LogP contribution in [0.15, 0.2) is 78.9 Å². The molecule has 0 heterocycles. The molecule has 0 saturated heterocycles. The summed E-state index contributed by atoms with van der Waals surface area (Å²) in [7, 11) is 1.71. The molecule has 0 fully saturated rings. The second-order valence-corrected chi connectivity index (χ2v) is 9.68. The van der Waals surface area contributed by atoms with Crippen molar-refractivity contribution in [2.45, 2.75) is 5.92 Å². The summed E-state index contributed by atoms with van der Waals surface area (Å²) in [5.41, 5.74) is 5.31.